The molecule has 0 bridgehead atoms. The number of amides is 1. The molecule has 1 heterocycles. The normalized spacial score (nSPS) is 18.0. The van der Waals surface area contributed by atoms with E-state index < -0.39 is 10.0 Å². The summed E-state index contributed by atoms with van der Waals surface area (Å²) in [5.41, 5.74) is 2.68. The number of benzene rings is 2. The lowest BCUT2D eigenvalue weighted by atomic mass is 9.98. The molecule has 0 unspecified atom stereocenters. The van der Waals surface area contributed by atoms with Gasteiger partial charge in [0.25, 0.3) is 0 Å². The van der Waals surface area contributed by atoms with Gasteiger partial charge in [-0.25, -0.2) is 8.42 Å². The average Bonchev–Trinajstić information content (AvgIpc) is 2.70. The summed E-state index contributed by atoms with van der Waals surface area (Å²) in [4.78, 5) is 13.0. The molecular formula is C21H25ClN2O3S. The van der Waals surface area contributed by atoms with E-state index in [1.807, 2.05) is 38.1 Å². The molecule has 1 aliphatic rings. The maximum atomic E-state index is 13.0. The number of nitrogens with zero attached hydrogens (tertiary/aromatic N) is 1. The number of hydrogen-bond donors (Lipinski definition) is 1. The van der Waals surface area contributed by atoms with E-state index >= 15 is 0 Å². The lowest BCUT2D eigenvalue weighted by Crippen LogP contribution is -2.43. The first-order valence-corrected chi connectivity index (χ1v) is 11.3. The molecule has 2 aromatic rings. The smallest absolute Gasteiger partial charge is 0.243 e. The van der Waals surface area contributed by atoms with Crippen LogP contribution in [0.25, 0.3) is 0 Å². The van der Waals surface area contributed by atoms with Gasteiger partial charge in [0.2, 0.25) is 15.9 Å². The molecule has 1 atom stereocenters. The Bertz CT molecular complexity index is 975. The second kappa shape index (κ2) is 8.64. The third-order valence-corrected chi connectivity index (χ3v) is 7.46. The van der Waals surface area contributed by atoms with Crippen molar-refractivity contribution in [3.05, 3.63) is 58.6 Å². The van der Waals surface area contributed by atoms with Crippen LogP contribution in [-0.2, 0) is 21.2 Å². The van der Waals surface area contributed by atoms with Crippen molar-refractivity contribution in [3.63, 3.8) is 0 Å². The van der Waals surface area contributed by atoms with Gasteiger partial charge in [-0.15, -0.1) is 0 Å². The highest BCUT2D eigenvalue weighted by molar-refractivity contribution is 7.89. The number of carbonyl (C=O) groups excluding carboxylic acids is 1. The van der Waals surface area contributed by atoms with Crippen molar-refractivity contribution in [2.75, 3.05) is 18.4 Å². The molecule has 1 fully saturated rings. The Balaban J connectivity index is 1.76. The van der Waals surface area contributed by atoms with Crippen LogP contribution in [0.15, 0.2) is 47.4 Å². The molecule has 1 amide bonds. The van der Waals surface area contributed by atoms with Crippen molar-refractivity contribution >= 4 is 33.2 Å². The minimum Gasteiger partial charge on any atom is -0.326 e. The van der Waals surface area contributed by atoms with E-state index in [1.54, 1.807) is 12.1 Å². The summed E-state index contributed by atoms with van der Waals surface area (Å²) in [6, 6.07) is 12.4. The van der Waals surface area contributed by atoms with Gasteiger partial charge in [-0.3, -0.25) is 4.79 Å². The van der Waals surface area contributed by atoms with E-state index in [2.05, 4.69) is 5.32 Å². The monoisotopic (exact) mass is 420 g/mol. The zero-order chi connectivity index (χ0) is 20.3. The number of rotatable bonds is 5. The molecule has 1 aliphatic heterocycles. The molecule has 3 rings (SSSR count). The van der Waals surface area contributed by atoms with Crippen LogP contribution in [0.5, 0.6) is 0 Å². The molecule has 1 N–H and O–H groups in total. The largest absolute Gasteiger partial charge is 0.326 e. The van der Waals surface area contributed by atoms with Gasteiger partial charge in [0.1, 0.15) is 0 Å². The van der Waals surface area contributed by atoms with Gasteiger partial charge in [0.15, 0.2) is 0 Å². The SMILES string of the molecule is CCc1ccccc1NC(=O)[C@@H]1CCCN(S(=O)(=O)c2ccc(C)c(Cl)c2)C1. The molecule has 7 heteroatoms. The van der Waals surface area contributed by atoms with Crippen LogP contribution >= 0.6 is 11.6 Å². The van der Waals surface area contributed by atoms with Crippen molar-refractivity contribution < 1.29 is 13.2 Å². The number of halogens is 1. The predicted octanol–water partition coefficient (Wildman–Crippen LogP) is 4.25. The second-order valence-electron chi connectivity index (χ2n) is 7.11. The Morgan fingerprint density at radius 1 is 1.25 bits per heavy atom. The summed E-state index contributed by atoms with van der Waals surface area (Å²) in [6.07, 6.45) is 2.13. The number of hydrogen-bond acceptors (Lipinski definition) is 3. The van der Waals surface area contributed by atoms with Crippen LogP contribution in [-0.4, -0.2) is 31.7 Å². The van der Waals surface area contributed by atoms with Gasteiger partial charge >= 0.3 is 0 Å². The maximum Gasteiger partial charge on any atom is 0.243 e. The minimum atomic E-state index is -3.68. The molecule has 0 aromatic heterocycles. The predicted molar refractivity (Wildman–Crippen MR) is 112 cm³/mol. The molecule has 0 aliphatic carbocycles. The molecule has 0 spiro atoms. The lowest BCUT2D eigenvalue weighted by molar-refractivity contribution is -0.120. The fourth-order valence-corrected chi connectivity index (χ4v) is 5.24. The number of para-hydroxylation sites is 1. The summed E-state index contributed by atoms with van der Waals surface area (Å²) < 4.78 is 27.4. The van der Waals surface area contributed by atoms with E-state index in [-0.39, 0.29) is 23.3 Å². The molecule has 150 valence electrons. The zero-order valence-electron chi connectivity index (χ0n) is 16.1. The number of anilines is 1. The third kappa shape index (κ3) is 4.40. The highest BCUT2D eigenvalue weighted by Gasteiger charge is 2.33. The Kier molecular flexibility index (Phi) is 6.43. The number of aryl methyl sites for hydroxylation is 2. The van der Waals surface area contributed by atoms with Gasteiger partial charge in [-0.05, 0) is 55.5 Å². The molecule has 5 nitrogen and oxygen atoms in total. The number of carbonyl (C=O) groups is 1. The van der Waals surface area contributed by atoms with Gasteiger partial charge in [-0.1, -0.05) is 42.8 Å². The Morgan fingerprint density at radius 2 is 2.00 bits per heavy atom. The van der Waals surface area contributed by atoms with Gasteiger partial charge in [0.05, 0.1) is 10.8 Å². The van der Waals surface area contributed by atoms with Crippen molar-refractivity contribution in [2.24, 2.45) is 5.92 Å². The van der Waals surface area contributed by atoms with Crippen LogP contribution in [0.1, 0.15) is 30.9 Å². The van der Waals surface area contributed by atoms with Gasteiger partial charge < -0.3 is 5.32 Å². The molecule has 0 saturated carbocycles. The molecule has 0 radical (unpaired) electrons. The lowest BCUT2D eigenvalue weighted by Gasteiger charge is -2.31. The quantitative estimate of drug-likeness (QED) is 0.786. The third-order valence-electron chi connectivity index (χ3n) is 5.19. The molecule has 2 aromatic carbocycles. The van der Waals surface area contributed by atoms with E-state index in [1.165, 1.54) is 10.4 Å². The van der Waals surface area contributed by atoms with Gasteiger partial charge in [0, 0.05) is 23.8 Å². The van der Waals surface area contributed by atoms with E-state index in [0.717, 1.165) is 23.2 Å². The molecule has 1 saturated heterocycles. The van der Waals surface area contributed by atoms with Crippen LogP contribution in [0, 0.1) is 12.8 Å². The van der Waals surface area contributed by atoms with Crippen molar-refractivity contribution in [1.29, 1.82) is 0 Å². The molecular weight excluding hydrogens is 396 g/mol. The number of sulfonamides is 1. The summed E-state index contributed by atoms with van der Waals surface area (Å²) >= 11 is 6.11. The summed E-state index contributed by atoms with van der Waals surface area (Å²) in [6.45, 7) is 4.44. The number of nitrogens with one attached hydrogen (secondary N) is 1. The Hall–Kier alpha value is -1.89. The first-order chi connectivity index (χ1) is 13.3. The van der Waals surface area contributed by atoms with E-state index in [4.69, 9.17) is 11.6 Å². The molecule has 28 heavy (non-hydrogen) atoms. The van der Waals surface area contributed by atoms with Crippen LogP contribution in [0.2, 0.25) is 5.02 Å². The van der Waals surface area contributed by atoms with Crippen LogP contribution < -0.4 is 5.32 Å². The number of piperidine rings is 1. The Morgan fingerprint density at radius 3 is 2.71 bits per heavy atom. The first kappa shape index (κ1) is 20.8. The second-order valence-corrected chi connectivity index (χ2v) is 9.46. The summed E-state index contributed by atoms with van der Waals surface area (Å²) in [7, 11) is -3.68. The van der Waals surface area contributed by atoms with Crippen molar-refractivity contribution in [1.82, 2.24) is 4.31 Å². The fraction of sp³-hybridized carbons (Fsp3) is 0.381. The van der Waals surface area contributed by atoms with Crippen LogP contribution in [0.4, 0.5) is 5.69 Å². The summed E-state index contributed by atoms with van der Waals surface area (Å²) in [5.74, 6) is -0.517. The van der Waals surface area contributed by atoms with Gasteiger partial charge in [-0.2, -0.15) is 4.31 Å². The zero-order valence-corrected chi connectivity index (χ0v) is 17.7. The Labute approximate surface area is 171 Å². The van der Waals surface area contributed by atoms with Crippen molar-refractivity contribution in [3.8, 4) is 0 Å². The first-order valence-electron chi connectivity index (χ1n) is 9.48. The maximum absolute atomic E-state index is 13.0. The topological polar surface area (TPSA) is 66.5 Å². The fourth-order valence-electron chi connectivity index (χ4n) is 3.44. The average molecular weight is 421 g/mol. The van der Waals surface area contributed by atoms with Crippen LogP contribution in [0.3, 0.4) is 0 Å². The highest BCUT2D eigenvalue weighted by atomic mass is 35.5. The standard InChI is InChI=1S/C21H25ClN2O3S/c1-3-16-7-4-5-9-20(16)23-21(25)17-8-6-12-24(14-17)28(26,27)18-11-10-15(2)19(22)13-18/h4-5,7,9-11,13,17H,3,6,8,12,14H2,1-2H3,(H,23,25)/t17-/m1/s1. The van der Waals surface area contributed by atoms with E-state index in [0.29, 0.717) is 24.4 Å². The highest BCUT2D eigenvalue weighted by Crippen LogP contribution is 2.27. The van der Waals surface area contributed by atoms with Crippen molar-refractivity contribution in [2.45, 2.75) is 38.0 Å². The van der Waals surface area contributed by atoms with E-state index in [9.17, 15) is 13.2 Å². The summed E-state index contributed by atoms with van der Waals surface area (Å²) in [5, 5.41) is 3.40. The minimum absolute atomic E-state index is 0.136.